The van der Waals surface area contributed by atoms with E-state index in [0.29, 0.717) is 16.9 Å². The molecular formula is C20H19BrN4O3. The maximum atomic E-state index is 12.8. The molecule has 0 aliphatic rings. The standard InChI is InChI=1S/C20H19BrN4O3/c1-13-18(20(28)25(24(13)2)16-9-4-3-5-10-16)23-17(26)12-22-19(27)14-7-6-8-15(21)11-14/h3-11H,12H2,1-2H3,(H,22,27)(H,23,26). The molecule has 0 atom stereocenters. The quantitative estimate of drug-likeness (QED) is 0.636. The van der Waals surface area contributed by atoms with Crippen LogP contribution in [-0.2, 0) is 11.8 Å². The summed E-state index contributed by atoms with van der Waals surface area (Å²) < 4.78 is 3.92. The summed E-state index contributed by atoms with van der Waals surface area (Å²) in [5.41, 5.74) is 1.59. The molecule has 0 fully saturated rings. The third-order valence-electron chi connectivity index (χ3n) is 4.31. The van der Waals surface area contributed by atoms with E-state index in [-0.39, 0.29) is 23.7 Å². The van der Waals surface area contributed by atoms with Crippen molar-refractivity contribution >= 4 is 33.4 Å². The zero-order valence-electron chi connectivity index (χ0n) is 15.4. The molecule has 2 aromatic carbocycles. The summed E-state index contributed by atoms with van der Waals surface area (Å²) in [6.45, 7) is 1.50. The SMILES string of the molecule is Cc1c(NC(=O)CNC(=O)c2cccc(Br)c2)c(=O)n(-c2ccccc2)n1C. The maximum Gasteiger partial charge on any atom is 0.295 e. The summed E-state index contributed by atoms with van der Waals surface area (Å²) in [6.07, 6.45) is 0. The van der Waals surface area contributed by atoms with E-state index in [4.69, 9.17) is 0 Å². The number of benzene rings is 2. The van der Waals surface area contributed by atoms with Gasteiger partial charge in [-0.25, -0.2) is 4.68 Å². The first-order valence-corrected chi connectivity index (χ1v) is 9.35. The van der Waals surface area contributed by atoms with Gasteiger partial charge in [-0.15, -0.1) is 0 Å². The lowest BCUT2D eigenvalue weighted by Gasteiger charge is -2.07. The Hall–Kier alpha value is -3.13. The van der Waals surface area contributed by atoms with Crippen molar-refractivity contribution in [1.29, 1.82) is 0 Å². The molecule has 7 nitrogen and oxygen atoms in total. The normalized spacial score (nSPS) is 10.5. The van der Waals surface area contributed by atoms with E-state index in [9.17, 15) is 14.4 Å². The minimum Gasteiger partial charge on any atom is -0.343 e. The molecule has 0 saturated heterocycles. The Labute approximate surface area is 170 Å². The molecule has 144 valence electrons. The van der Waals surface area contributed by atoms with Crippen LogP contribution in [0.15, 0.2) is 63.9 Å². The average molecular weight is 443 g/mol. The van der Waals surface area contributed by atoms with Gasteiger partial charge in [0.05, 0.1) is 17.9 Å². The Bertz CT molecular complexity index is 1090. The summed E-state index contributed by atoms with van der Waals surface area (Å²) in [5, 5.41) is 5.16. The van der Waals surface area contributed by atoms with Gasteiger partial charge in [0.1, 0.15) is 5.69 Å². The summed E-state index contributed by atoms with van der Waals surface area (Å²) in [5.74, 6) is -0.850. The van der Waals surface area contributed by atoms with Crippen molar-refractivity contribution in [2.24, 2.45) is 7.05 Å². The second-order valence-electron chi connectivity index (χ2n) is 6.18. The van der Waals surface area contributed by atoms with Crippen LogP contribution in [0.25, 0.3) is 5.69 Å². The van der Waals surface area contributed by atoms with Crippen LogP contribution in [0, 0.1) is 6.92 Å². The third-order valence-corrected chi connectivity index (χ3v) is 4.81. The average Bonchev–Trinajstić information content (AvgIpc) is 2.90. The minimum absolute atomic E-state index is 0.188. The maximum absolute atomic E-state index is 12.8. The fraction of sp³-hybridized carbons (Fsp3) is 0.150. The fourth-order valence-corrected chi connectivity index (χ4v) is 3.19. The second-order valence-corrected chi connectivity index (χ2v) is 7.09. The van der Waals surface area contributed by atoms with Gasteiger partial charge in [0, 0.05) is 17.1 Å². The number of hydrogen-bond donors (Lipinski definition) is 2. The highest BCUT2D eigenvalue weighted by atomic mass is 79.9. The van der Waals surface area contributed by atoms with E-state index in [1.807, 2.05) is 30.3 Å². The molecule has 2 N–H and O–H groups in total. The molecule has 0 radical (unpaired) electrons. The van der Waals surface area contributed by atoms with E-state index in [1.54, 1.807) is 42.9 Å². The molecule has 0 aliphatic carbocycles. The number of nitrogens with zero attached hydrogens (tertiary/aromatic N) is 2. The first-order valence-electron chi connectivity index (χ1n) is 8.56. The lowest BCUT2D eigenvalue weighted by atomic mass is 10.2. The number of hydrogen-bond acceptors (Lipinski definition) is 3. The summed E-state index contributed by atoms with van der Waals surface area (Å²) in [4.78, 5) is 37.2. The van der Waals surface area contributed by atoms with E-state index >= 15 is 0 Å². The molecule has 3 aromatic rings. The van der Waals surface area contributed by atoms with Crippen molar-refractivity contribution in [2.45, 2.75) is 6.92 Å². The summed E-state index contributed by atoms with van der Waals surface area (Å²) in [7, 11) is 1.74. The van der Waals surface area contributed by atoms with Crippen molar-refractivity contribution in [3.8, 4) is 5.69 Å². The van der Waals surface area contributed by atoms with Crippen LogP contribution in [0.1, 0.15) is 16.1 Å². The zero-order chi connectivity index (χ0) is 20.3. The van der Waals surface area contributed by atoms with Crippen molar-refractivity contribution in [3.63, 3.8) is 0 Å². The van der Waals surface area contributed by atoms with Gasteiger partial charge in [0.25, 0.3) is 11.5 Å². The van der Waals surface area contributed by atoms with Crippen LogP contribution in [-0.4, -0.2) is 27.7 Å². The minimum atomic E-state index is -0.477. The molecule has 0 aliphatic heterocycles. The van der Waals surface area contributed by atoms with E-state index in [1.165, 1.54) is 4.68 Å². The molecule has 0 unspecified atom stereocenters. The number of carbonyl (C=O) groups excluding carboxylic acids is 2. The molecule has 0 spiro atoms. The molecule has 1 heterocycles. The number of carbonyl (C=O) groups is 2. The Balaban J connectivity index is 1.73. The van der Waals surface area contributed by atoms with Gasteiger partial charge in [0.15, 0.2) is 0 Å². The van der Waals surface area contributed by atoms with Gasteiger partial charge >= 0.3 is 0 Å². The van der Waals surface area contributed by atoms with E-state index in [2.05, 4.69) is 26.6 Å². The third kappa shape index (κ3) is 4.07. The molecule has 0 bridgehead atoms. The highest BCUT2D eigenvalue weighted by Crippen LogP contribution is 2.14. The molecule has 2 amide bonds. The predicted molar refractivity (Wildman–Crippen MR) is 111 cm³/mol. The first kappa shape index (κ1) is 19.6. The van der Waals surface area contributed by atoms with Crippen LogP contribution in [0.3, 0.4) is 0 Å². The Kier molecular flexibility index (Phi) is 5.79. The predicted octanol–water partition coefficient (Wildman–Crippen LogP) is 2.62. The van der Waals surface area contributed by atoms with Crippen molar-refractivity contribution < 1.29 is 9.59 Å². The molecule has 28 heavy (non-hydrogen) atoms. The van der Waals surface area contributed by atoms with Crippen molar-refractivity contribution in [2.75, 3.05) is 11.9 Å². The molecule has 0 saturated carbocycles. The monoisotopic (exact) mass is 442 g/mol. The smallest absolute Gasteiger partial charge is 0.295 e. The van der Waals surface area contributed by atoms with Crippen LogP contribution in [0.2, 0.25) is 0 Å². The van der Waals surface area contributed by atoms with E-state index < -0.39 is 5.91 Å². The number of aromatic nitrogens is 2. The number of amides is 2. The lowest BCUT2D eigenvalue weighted by molar-refractivity contribution is -0.115. The Morgan fingerprint density at radius 3 is 2.46 bits per heavy atom. The van der Waals surface area contributed by atoms with Gasteiger partial charge in [-0.2, -0.15) is 0 Å². The zero-order valence-corrected chi connectivity index (χ0v) is 17.0. The van der Waals surface area contributed by atoms with Gasteiger partial charge in [-0.3, -0.25) is 19.1 Å². The van der Waals surface area contributed by atoms with Gasteiger partial charge < -0.3 is 10.6 Å². The Morgan fingerprint density at radius 2 is 1.79 bits per heavy atom. The largest absolute Gasteiger partial charge is 0.343 e. The molecule has 8 heteroatoms. The highest BCUT2D eigenvalue weighted by Gasteiger charge is 2.18. The molecular weight excluding hydrogens is 424 g/mol. The number of anilines is 1. The second kappa shape index (κ2) is 8.26. The first-order chi connectivity index (χ1) is 13.4. The number of rotatable bonds is 5. The van der Waals surface area contributed by atoms with Crippen LogP contribution >= 0.6 is 15.9 Å². The van der Waals surface area contributed by atoms with Crippen LogP contribution in [0.5, 0.6) is 0 Å². The topological polar surface area (TPSA) is 85.1 Å². The van der Waals surface area contributed by atoms with E-state index in [0.717, 1.165) is 4.47 Å². The lowest BCUT2D eigenvalue weighted by Crippen LogP contribution is -2.34. The van der Waals surface area contributed by atoms with Crippen molar-refractivity contribution in [1.82, 2.24) is 14.7 Å². The van der Waals surface area contributed by atoms with Crippen LogP contribution in [0.4, 0.5) is 5.69 Å². The molecule has 1 aromatic heterocycles. The highest BCUT2D eigenvalue weighted by molar-refractivity contribution is 9.10. The fourth-order valence-electron chi connectivity index (χ4n) is 2.79. The molecule has 3 rings (SSSR count). The number of halogens is 1. The summed E-state index contributed by atoms with van der Waals surface area (Å²) in [6, 6.07) is 16.0. The Morgan fingerprint density at radius 1 is 1.07 bits per heavy atom. The number of nitrogens with one attached hydrogen (secondary N) is 2. The van der Waals surface area contributed by atoms with Gasteiger partial charge in [-0.1, -0.05) is 40.2 Å². The van der Waals surface area contributed by atoms with Crippen molar-refractivity contribution in [3.05, 3.63) is 80.7 Å². The van der Waals surface area contributed by atoms with Gasteiger partial charge in [0.2, 0.25) is 5.91 Å². The van der Waals surface area contributed by atoms with Crippen LogP contribution < -0.4 is 16.2 Å². The van der Waals surface area contributed by atoms with Gasteiger partial charge in [-0.05, 0) is 37.3 Å². The number of para-hydroxylation sites is 1. The summed E-state index contributed by atoms with van der Waals surface area (Å²) >= 11 is 3.30.